The minimum absolute atomic E-state index is 0.754. The summed E-state index contributed by atoms with van der Waals surface area (Å²) in [5.74, 6) is 1.66. The third-order valence-corrected chi connectivity index (χ3v) is 5.24. The Morgan fingerprint density at radius 1 is 0.926 bits per heavy atom. The van der Waals surface area contributed by atoms with Crippen LogP contribution in [0.3, 0.4) is 0 Å². The Hall–Kier alpha value is -3.05. The van der Waals surface area contributed by atoms with E-state index in [9.17, 15) is 0 Å². The fourth-order valence-electron chi connectivity index (χ4n) is 2.99. The molecule has 3 aromatic heterocycles. The Kier molecular flexibility index (Phi) is 4.94. The highest BCUT2D eigenvalue weighted by Gasteiger charge is 2.10. The monoisotopic (exact) mass is 372 g/mol. The van der Waals surface area contributed by atoms with Gasteiger partial charge in [-0.25, -0.2) is 9.97 Å². The molecule has 0 saturated heterocycles. The normalized spacial score (nSPS) is 10.7. The molecule has 0 atom stereocenters. The quantitative estimate of drug-likeness (QED) is 0.482. The fraction of sp³-hybridized carbons (Fsp3) is 0.136. The summed E-state index contributed by atoms with van der Waals surface area (Å²) in [6.07, 6.45) is 3.76. The van der Waals surface area contributed by atoms with Crippen LogP contribution in [0.25, 0.3) is 21.7 Å². The zero-order chi connectivity index (χ0) is 18.6. The van der Waals surface area contributed by atoms with Crippen LogP contribution in [0.15, 0.2) is 72.4 Å². The molecule has 27 heavy (non-hydrogen) atoms. The minimum atomic E-state index is 0.754. The number of aromatic nitrogens is 3. The number of hydrogen-bond acceptors (Lipinski definition) is 5. The van der Waals surface area contributed by atoms with Gasteiger partial charge in [-0.15, -0.1) is 11.3 Å². The van der Waals surface area contributed by atoms with Crippen molar-refractivity contribution in [1.29, 1.82) is 0 Å². The molecular weight excluding hydrogens is 352 g/mol. The van der Waals surface area contributed by atoms with Crippen molar-refractivity contribution in [3.63, 3.8) is 0 Å². The molecule has 4 aromatic rings. The highest BCUT2D eigenvalue weighted by Crippen LogP contribution is 2.28. The molecule has 0 aliphatic heterocycles. The predicted octanol–water partition coefficient (Wildman–Crippen LogP) is 5.21. The van der Waals surface area contributed by atoms with Crippen molar-refractivity contribution in [3.05, 3.63) is 83.8 Å². The predicted molar refractivity (Wildman–Crippen MR) is 112 cm³/mol. The first kappa shape index (κ1) is 17.4. The van der Waals surface area contributed by atoms with E-state index >= 15 is 0 Å². The lowest BCUT2D eigenvalue weighted by atomic mass is 10.1. The number of benzene rings is 1. The summed E-state index contributed by atoms with van der Waals surface area (Å²) in [7, 11) is 2.05. The van der Waals surface area contributed by atoms with Crippen LogP contribution in [0.5, 0.6) is 0 Å². The molecule has 0 aliphatic rings. The van der Waals surface area contributed by atoms with Gasteiger partial charge in [-0.1, -0.05) is 36.4 Å². The molecule has 0 unspecified atom stereocenters. The SMILES string of the molecule is Cc1nc(-c2cncc(-c3cccs3)c2)cc(N(C)Cc2ccccc2)n1. The summed E-state index contributed by atoms with van der Waals surface area (Å²) in [6, 6.07) is 18.7. The molecule has 0 radical (unpaired) electrons. The lowest BCUT2D eigenvalue weighted by Crippen LogP contribution is -2.18. The molecule has 4 nitrogen and oxygen atoms in total. The Labute approximate surface area is 163 Å². The molecule has 0 aliphatic carbocycles. The molecular formula is C22H20N4S. The minimum Gasteiger partial charge on any atom is -0.355 e. The first-order valence-corrected chi connectivity index (χ1v) is 9.67. The van der Waals surface area contributed by atoms with E-state index < -0.39 is 0 Å². The summed E-state index contributed by atoms with van der Waals surface area (Å²) >= 11 is 1.71. The third-order valence-electron chi connectivity index (χ3n) is 4.32. The van der Waals surface area contributed by atoms with E-state index in [0.29, 0.717) is 0 Å². The summed E-state index contributed by atoms with van der Waals surface area (Å²) < 4.78 is 0. The Morgan fingerprint density at radius 3 is 2.52 bits per heavy atom. The van der Waals surface area contributed by atoms with Crippen molar-refractivity contribution in [2.75, 3.05) is 11.9 Å². The van der Waals surface area contributed by atoms with Crippen LogP contribution < -0.4 is 4.90 Å². The second-order valence-corrected chi connectivity index (χ2v) is 7.39. The van der Waals surface area contributed by atoms with Gasteiger partial charge in [0.05, 0.1) is 5.69 Å². The van der Waals surface area contributed by atoms with Gasteiger partial charge in [0.15, 0.2) is 0 Å². The molecule has 1 aromatic carbocycles. The van der Waals surface area contributed by atoms with Crippen molar-refractivity contribution in [2.24, 2.45) is 0 Å². The summed E-state index contributed by atoms with van der Waals surface area (Å²) in [5.41, 5.74) is 4.25. The van der Waals surface area contributed by atoms with Crippen molar-refractivity contribution in [3.8, 4) is 21.7 Å². The van der Waals surface area contributed by atoms with Crippen LogP contribution in [0.1, 0.15) is 11.4 Å². The molecule has 5 heteroatoms. The van der Waals surface area contributed by atoms with E-state index in [0.717, 1.165) is 35.0 Å². The van der Waals surface area contributed by atoms with Gasteiger partial charge in [0, 0.05) is 48.1 Å². The van der Waals surface area contributed by atoms with Crippen molar-refractivity contribution < 1.29 is 0 Å². The Bertz CT molecular complexity index is 1030. The first-order valence-electron chi connectivity index (χ1n) is 8.79. The molecule has 0 N–H and O–H groups in total. The number of anilines is 1. The van der Waals surface area contributed by atoms with Gasteiger partial charge in [0.1, 0.15) is 11.6 Å². The van der Waals surface area contributed by atoms with Crippen LogP contribution in [0.4, 0.5) is 5.82 Å². The zero-order valence-electron chi connectivity index (χ0n) is 15.3. The van der Waals surface area contributed by atoms with E-state index in [1.165, 1.54) is 10.4 Å². The Morgan fingerprint density at radius 2 is 1.74 bits per heavy atom. The number of aryl methyl sites for hydroxylation is 1. The molecule has 0 fully saturated rings. The maximum Gasteiger partial charge on any atom is 0.132 e. The number of hydrogen-bond donors (Lipinski definition) is 0. The summed E-state index contributed by atoms with van der Waals surface area (Å²) in [6.45, 7) is 2.73. The van der Waals surface area contributed by atoms with Crippen LogP contribution in [0.2, 0.25) is 0 Å². The Balaban J connectivity index is 1.66. The molecule has 3 heterocycles. The fourth-order valence-corrected chi connectivity index (χ4v) is 3.70. The van der Waals surface area contributed by atoms with Gasteiger partial charge in [0.25, 0.3) is 0 Å². The number of nitrogens with zero attached hydrogens (tertiary/aromatic N) is 4. The van der Waals surface area contributed by atoms with E-state index in [1.54, 1.807) is 11.3 Å². The molecule has 0 spiro atoms. The topological polar surface area (TPSA) is 41.9 Å². The van der Waals surface area contributed by atoms with Crippen molar-refractivity contribution in [1.82, 2.24) is 15.0 Å². The summed E-state index contributed by atoms with van der Waals surface area (Å²) in [4.78, 5) is 17.0. The lowest BCUT2D eigenvalue weighted by molar-refractivity contribution is 0.880. The largest absolute Gasteiger partial charge is 0.355 e. The van der Waals surface area contributed by atoms with Gasteiger partial charge in [-0.3, -0.25) is 4.98 Å². The van der Waals surface area contributed by atoms with Crippen LogP contribution in [0, 0.1) is 6.92 Å². The lowest BCUT2D eigenvalue weighted by Gasteiger charge is -2.19. The van der Waals surface area contributed by atoms with Gasteiger partial charge >= 0.3 is 0 Å². The van der Waals surface area contributed by atoms with E-state index in [2.05, 4.69) is 74.7 Å². The zero-order valence-corrected chi connectivity index (χ0v) is 16.1. The highest BCUT2D eigenvalue weighted by atomic mass is 32.1. The number of pyridine rings is 1. The highest BCUT2D eigenvalue weighted by molar-refractivity contribution is 7.13. The van der Waals surface area contributed by atoms with Crippen molar-refractivity contribution in [2.45, 2.75) is 13.5 Å². The third kappa shape index (κ3) is 4.04. The van der Waals surface area contributed by atoms with Gasteiger partial charge in [-0.05, 0) is 30.0 Å². The van der Waals surface area contributed by atoms with Crippen LogP contribution >= 0.6 is 11.3 Å². The maximum absolute atomic E-state index is 4.64. The van der Waals surface area contributed by atoms with E-state index in [4.69, 9.17) is 0 Å². The average Bonchev–Trinajstić information content (AvgIpc) is 3.23. The van der Waals surface area contributed by atoms with Crippen LogP contribution in [-0.4, -0.2) is 22.0 Å². The van der Waals surface area contributed by atoms with Crippen LogP contribution in [-0.2, 0) is 6.54 Å². The standard InChI is InChI=1S/C22H20N4S/c1-16-24-20(18-11-19(14-23-13-18)21-9-6-10-27-21)12-22(25-16)26(2)15-17-7-4-3-5-8-17/h3-14H,15H2,1-2H3. The summed E-state index contributed by atoms with van der Waals surface area (Å²) in [5, 5.41) is 2.08. The van der Waals surface area contributed by atoms with Crippen molar-refractivity contribution >= 4 is 17.2 Å². The second kappa shape index (κ2) is 7.68. The maximum atomic E-state index is 4.64. The van der Waals surface area contributed by atoms with Gasteiger partial charge in [-0.2, -0.15) is 0 Å². The van der Waals surface area contributed by atoms with Gasteiger partial charge < -0.3 is 4.90 Å². The molecule has 4 rings (SSSR count). The second-order valence-electron chi connectivity index (χ2n) is 6.44. The molecule has 0 saturated carbocycles. The number of thiophene rings is 1. The first-order chi connectivity index (χ1) is 13.2. The van der Waals surface area contributed by atoms with E-state index in [1.807, 2.05) is 31.5 Å². The number of rotatable bonds is 5. The molecule has 0 bridgehead atoms. The van der Waals surface area contributed by atoms with Gasteiger partial charge in [0.2, 0.25) is 0 Å². The van der Waals surface area contributed by atoms with E-state index in [-0.39, 0.29) is 0 Å². The molecule has 0 amide bonds. The average molecular weight is 372 g/mol. The smallest absolute Gasteiger partial charge is 0.132 e. The molecule has 134 valence electrons.